The summed E-state index contributed by atoms with van der Waals surface area (Å²) >= 11 is 0. The molecule has 0 aliphatic heterocycles. The van der Waals surface area contributed by atoms with E-state index in [1.165, 1.54) is 18.6 Å². The van der Waals surface area contributed by atoms with Gasteiger partial charge in [0.2, 0.25) is 0 Å². The van der Waals surface area contributed by atoms with Crippen molar-refractivity contribution in [3.05, 3.63) is 78.1 Å². The molecule has 1 fully saturated rings. The molecule has 3 aromatic carbocycles. The first kappa shape index (κ1) is 28.3. The van der Waals surface area contributed by atoms with Crippen LogP contribution in [0.25, 0.3) is 11.1 Å². The predicted octanol–water partition coefficient (Wildman–Crippen LogP) is 5.55. The van der Waals surface area contributed by atoms with E-state index in [0.717, 1.165) is 31.4 Å². The first-order valence-electron chi connectivity index (χ1n) is 13.7. The van der Waals surface area contributed by atoms with Crippen LogP contribution in [-0.4, -0.2) is 44.2 Å². The second kappa shape index (κ2) is 12.0. The molecule has 39 heavy (non-hydrogen) atoms. The number of hydrogen-bond acceptors (Lipinski definition) is 3. The summed E-state index contributed by atoms with van der Waals surface area (Å²) in [7, 11) is 4.45. The van der Waals surface area contributed by atoms with Crippen molar-refractivity contribution in [2.24, 2.45) is 5.92 Å². The van der Waals surface area contributed by atoms with Crippen LogP contribution in [-0.2, 0) is 0 Å². The molecule has 0 spiro atoms. The fraction of sp³-hybridized carbons (Fsp3) is 0.333. The number of aromatic carboxylic acids is 1. The third kappa shape index (κ3) is 6.29. The molecular weight excluding hydrogens is 491 g/mol. The van der Waals surface area contributed by atoms with Crippen LogP contribution < -0.4 is 15.5 Å². The van der Waals surface area contributed by atoms with Crippen LogP contribution in [0, 0.1) is 11.7 Å². The van der Waals surface area contributed by atoms with Crippen LogP contribution in [0.3, 0.4) is 0 Å². The van der Waals surface area contributed by atoms with Crippen LogP contribution >= 0.6 is 0 Å². The number of anilines is 3. The van der Waals surface area contributed by atoms with E-state index < -0.39 is 17.8 Å². The van der Waals surface area contributed by atoms with Gasteiger partial charge in [-0.25, -0.2) is 14.0 Å². The maximum absolute atomic E-state index is 14.3. The molecule has 2 amide bonds. The molecule has 1 aliphatic carbocycles. The van der Waals surface area contributed by atoms with Crippen LogP contribution in [0.1, 0.15) is 56.3 Å². The zero-order valence-corrected chi connectivity index (χ0v) is 23.1. The third-order valence-electron chi connectivity index (χ3n) is 8.07. The molecule has 1 aliphatic rings. The molecule has 0 unspecified atom stereocenters. The average Bonchev–Trinajstić information content (AvgIpc) is 2.91. The van der Waals surface area contributed by atoms with E-state index in [4.69, 9.17) is 0 Å². The van der Waals surface area contributed by atoms with Gasteiger partial charge in [0.05, 0.1) is 22.6 Å². The highest BCUT2D eigenvalue weighted by Gasteiger charge is 2.37. The maximum Gasteiger partial charge on any atom is 0.336 e. The number of rotatable bonds is 8. The Hall–Kier alpha value is -3.74. The first-order chi connectivity index (χ1) is 18.6. The molecule has 0 atom stereocenters. The highest BCUT2D eigenvalue weighted by molar-refractivity contribution is 6.42. The highest BCUT2D eigenvalue weighted by atomic mass is 19.1. The standard InChI is InChI=1S/C30H36B2FN3O3/c1-19(2)30(31,32)36(21-10-4-3-5-11-21)27-17-16-20(22-12-6-7-13-23(22)28(37)38)18-26(27)35-29(39)34-25-15-9-8-14-24(25)33/h6-9,12-19,21H,3-5,10-11,31-32H2,1-2H3,(H,37,38)(H2,34,35,39). The van der Waals surface area contributed by atoms with Crippen LogP contribution in [0.2, 0.25) is 0 Å². The lowest BCUT2D eigenvalue weighted by Gasteiger charge is -2.50. The second-order valence-corrected chi connectivity index (χ2v) is 11.1. The lowest BCUT2D eigenvalue weighted by Crippen LogP contribution is -2.59. The Labute approximate surface area is 231 Å². The van der Waals surface area contributed by atoms with Crippen molar-refractivity contribution in [3.8, 4) is 11.1 Å². The van der Waals surface area contributed by atoms with Crippen molar-refractivity contribution >= 4 is 44.8 Å². The second-order valence-electron chi connectivity index (χ2n) is 11.1. The van der Waals surface area contributed by atoms with E-state index in [1.807, 2.05) is 18.2 Å². The summed E-state index contributed by atoms with van der Waals surface area (Å²) in [5, 5.41) is 15.1. The minimum atomic E-state index is -1.02. The summed E-state index contributed by atoms with van der Waals surface area (Å²) in [5.74, 6) is -1.24. The number of halogens is 1. The number of carboxylic acids is 1. The van der Waals surface area contributed by atoms with E-state index >= 15 is 0 Å². The summed E-state index contributed by atoms with van der Waals surface area (Å²) in [6, 6.07) is 18.3. The fourth-order valence-corrected chi connectivity index (χ4v) is 5.37. The molecule has 3 N–H and O–H groups in total. The minimum absolute atomic E-state index is 0.0792. The Morgan fingerprint density at radius 1 is 0.949 bits per heavy atom. The van der Waals surface area contributed by atoms with Crippen molar-refractivity contribution in [2.75, 3.05) is 15.5 Å². The molecule has 202 valence electrons. The Morgan fingerprint density at radius 2 is 1.59 bits per heavy atom. The number of nitrogens with one attached hydrogen (secondary N) is 2. The molecule has 6 nitrogen and oxygen atoms in total. The average molecular weight is 527 g/mol. The van der Waals surface area contributed by atoms with Gasteiger partial charge in [-0.05, 0) is 65.6 Å². The number of carbonyl (C=O) groups is 2. The van der Waals surface area contributed by atoms with Gasteiger partial charge in [0.15, 0.2) is 0 Å². The van der Waals surface area contributed by atoms with Gasteiger partial charge < -0.3 is 20.6 Å². The van der Waals surface area contributed by atoms with E-state index in [2.05, 4.69) is 45.1 Å². The van der Waals surface area contributed by atoms with Gasteiger partial charge in [-0.2, -0.15) is 0 Å². The number of benzene rings is 3. The number of nitrogens with zero attached hydrogens (tertiary/aromatic N) is 1. The number of urea groups is 1. The zero-order valence-electron chi connectivity index (χ0n) is 23.1. The summed E-state index contributed by atoms with van der Waals surface area (Å²) in [6.07, 6.45) is 5.63. The van der Waals surface area contributed by atoms with Crippen molar-refractivity contribution in [3.63, 3.8) is 0 Å². The Kier molecular flexibility index (Phi) is 8.68. The van der Waals surface area contributed by atoms with E-state index in [0.29, 0.717) is 28.8 Å². The number of carboxylic acid groups (broad SMARTS) is 1. The summed E-state index contributed by atoms with van der Waals surface area (Å²) < 4.78 is 14.3. The normalized spacial score (nSPS) is 14.2. The van der Waals surface area contributed by atoms with Crippen molar-refractivity contribution in [1.82, 2.24) is 0 Å². The van der Waals surface area contributed by atoms with Crippen molar-refractivity contribution in [2.45, 2.75) is 57.3 Å². The van der Waals surface area contributed by atoms with E-state index in [1.54, 1.807) is 36.4 Å². The highest BCUT2D eigenvalue weighted by Crippen LogP contribution is 2.40. The first-order valence-corrected chi connectivity index (χ1v) is 13.7. The molecule has 0 radical (unpaired) electrons. The zero-order chi connectivity index (χ0) is 28.2. The van der Waals surface area contributed by atoms with Gasteiger partial charge in [0, 0.05) is 6.04 Å². The summed E-state index contributed by atoms with van der Waals surface area (Å²) in [4.78, 5) is 27.6. The van der Waals surface area contributed by atoms with Gasteiger partial charge in [-0.15, -0.1) is 0 Å². The van der Waals surface area contributed by atoms with Crippen molar-refractivity contribution < 1.29 is 19.1 Å². The number of para-hydroxylation sites is 1. The number of carbonyl (C=O) groups excluding carboxylic acids is 1. The van der Waals surface area contributed by atoms with Gasteiger partial charge in [-0.3, -0.25) is 0 Å². The molecule has 1 saturated carbocycles. The van der Waals surface area contributed by atoms with E-state index in [9.17, 15) is 19.1 Å². The SMILES string of the molecule is BC(B)(C(C)C)N(c1ccc(-c2ccccc2C(=O)O)cc1NC(=O)Nc1ccccc1F)C1CCCCC1. The van der Waals surface area contributed by atoms with Gasteiger partial charge >= 0.3 is 12.0 Å². The molecule has 0 heterocycles. The molecule has 4 rings (SSSR count). The number of hydrogen-bond donors (Lipinski definition) is 3. The third-order valence-corrected chi connectivity index (χ3v) is 8.07. The van der Waals surface area contributed by atoms with Crippen LogP contribution in [0.15, 0.2) is 66.7 Å². The maximum atomic E-state index is 14.3. The Balaban J connectivity index is 1.83. The Bertz CT molecular complexity index is 1340. The summed E-state index contributed by atoms with van der Waals surface area (Å²) in [6.45, 7) is 4.40. The summed E-state index contributed by atoms with van der Waals surface area (Å²) in [5.41, 5.74) is 2.89. The molecule has 0 bridgehead atoms. The molecule has 9 heteroatoms. The lowest BCUT2D eigenvalue weighted by molar-refractivity contribution is 0.0697. The molecular formula is C30H36B2FN3O3. The topological polar surface area (TPSA) is 81.7 Å². The van der Waals surface area contributed by atoms with Gasteiger partial charge in [0.25, 0.3) is 0 Å². The fourth-order valence-electron chi connectivity index (χ4n) is 5.37. The van der Waals surface area contributed by atoms with Crippen LogP contribution in [0.4, 0.5) is 26.2 Å². The van der Waals surface area contributed by atoms with Gasteiger partial charge in [-0.1, -0.05) is 69.5 Å². The quantitative estimate of drug-likeness (QED) is 0.336. The number of amides is 2. The minimum Gasteiger partial charge on any atom is -0.478 e. The molecule has 0 aromatic heterocycles. The molecule has 3 aromatic rings. The van der Waals surface area contributed by atoms with Gasteiger partial charge in [0.1, 0.15) is 21.5 Å². The smallest absolute Gasteiger partial charge is 0.336 e. The van der Waals surface area contributed by atoms with E-state index in [-0.39, 0.29) is 16.6 Å². The van der Waals surface area contributed by atoms with Crippen molar-refractivity contribution in [1.29, 1.82) is 0 Å². The lowest BCUT2D eigenvalue weighted by atomic mass is 9.54. The Morgan fingerprint density at radius 3 is 2.26 bits per heavy atom. The molecule has 0 saturated heterocycles. The largest absolute Gasteiger partial charge is 0.478 e. The monoisotopic (exact) mass is 527 g/mol. The van der Waals surface area contributed by atoms with Crippen LogP contribution in [0.5, 0.6) is 0 Å². The predicted molar refractivity (Wildman–Crippen MR) is 162 cm³/mol.